The van der Waals surface area contributed by atoms with Crippen molar-refractivity contribution in [3.05, 3.63) is 22.2 Å². The molecule has 1 aromatic rings. The standard InChI is InChI=1S/C9H13N5O3/c1-5(8(10)15)12-9-6(14(16)17)3-4-7(11-2)13-9/h3-5H,1-2H3,(H2,10,15)(H2,11,12,13). The summed E-state index contributed by atoms with van der Waals surface area (Å²) in [6.45, 7) is 1.50. The molecule has 0 aliphatic heterocycles. The second-order valence-electron chi connectivity index (χ2n) is 3.34. The Kier molecular flexibility index (Phi) is 3.81. The van der Waals surface area contributed by atoms with Gasteiger partial charge in [0.15, 0.2) is 0 Å². The van der Waals surface area contributed by atoms with E-state index in [1.807, 2.05) is 0 Å². The molecule has 0 fully saturated rings. The van der Waals surface area contributed by atoms with Crippen LogP contribution in [0.2, 0.25) is 0 Å². The van der Waals surface area contributed by atoms with Crippen LogP contribution in [-0.4, -0.2) is 28.9 Å². The quantitative estimate of drug-likeness (QED) is 0.502. The van der Waals surface area contributed by atoms with E-state index in [0.717, 1.165) is 0 Å². The van der Waals surface area contributed by atoms with Crippen LogP contribution < -0.4 is 16.4 Å². The Morgan fingerprint density at radius 2 is 2.24 bits per heavy atom. The third-order valence-corrected chi connectivity index (χ3v) is 2.11. The Bertz CT molecular complexity index is 448. The fourth-order valence-corrected chi connectivity index (χ4v) is 1.12. The van der Waals surface area contributed by atoms with Gasteiger partial charge in [-0.05, 0) is 13.0 Å². The highest BCUT2D eigenvalue weighted by molar-refractivity contribution is 5.83. The third kappa shape index (κ3) is 3.03. The maximum absolute atomic E-state index is 10.9. The highest BCUT2D eigenvalue weighted by Gasteiger charge is 2.19. The van der Waals surface area contributed by atoms with Crippen LogP contribution in [0.5, 0.6) is 0 Å². The largest absolute Gasteiger partial charge is 0.373 e. The van der Waals surface area contributed by atoms with Crippen molar-refractivity contribution in [1.82, 2.24) is 4.98 Å². The molecule has 0 saturated heterocycles. The summed E-state index contributed by atoms with van der Waals surface area (Å²) >= 11 is 0. The Balaban J connectivity index is 3.09. The zero-order valence-electron chi connectivity index (χ0n) is 9.43. The molecule has 17 heavy (non-hydrogen) atoms. The van der Waals surface area contributed by atoms with Gasteiger partial charge in [0.1, 0.15) is 11.9 Å². The lowest BCUT2D eigenvalue weighted by atomic mass is 10.3. The number of aromatic nitrogens is 1. The highest BCUT2D eigenvalue weighted by atomic mass is 16.6. The number of nitrogens with zero attached hydrogens (tertiary/aromatic N) is 2. The highest BCUT2D eigenvalue weighted by Crippen LogP contribution is 2.24. The van der Waals surface area contributed by atoms with Gasteiger partial charge in [-0.25, -0.2) is 4.98 Å². The fourth-order valence-electron chi connectivity index (χ4n) is 1.12. The van der Waals surface area contributed by atoms with Gasteiger partial charge in [0.25, 0.3) is 0 Å². The van der Waals surface area contributed by atoms with Crippen LogP contribution in [0, 0.1) is 10.1 Å². The molecule has 4 N–H and O–H groups in total. The molecule has 1 atom stereocenters. The first-order valence-corrected chi connectivity index (χ1v) is 4.84. The van der Waals surface area contributed by atoms with Crippen molar-refractivity contribution in [2.75, 3.05) is 17.7 Å². The molecule has 1 heterocycles. The molecule has 8 heteroatoms. The minimum Gasteiger partial charge on any atom is -0.373 e. The van der Waals surface area contributed by atoms with Gasteiger partial charge in [0.05, 0.1) is 4.92 Å². The number of rotatable bonds is 5. The van der Waals surface area contributed by atoms with E-state index in [4.69, 9.17) is 5.73 Å². The summed E-state index contributed by atoms with van der Waals surface area (Å²) in [5, 5.41) is 16.1. The van der Waals surface area contributed by atoms with E-state index in [1.165, 1.54) is 19.1 Å². The van der Waals surface area contributed by atoms with Gasteiger partial charge in [0, 0.05) is 13.1 Å². The SMILES string of the molecule is CNc1ccc([N+](=O)[O-])c(NC(C)C(N)=O)n1. The predicted molar refractivity (Wildman–Crippen MR) is 62.7 cm³/mol. The van der Waals surface area contributed by atoms with E-state index >= 15 is 0 Å². The van der Waals surface area contributed by atoms with Crippen molar-refractivity contribution < 1.29 is 9.72 Å². The van der Waals surface area contributed by atoms with E-state index in [9.17, 15) is 14.9 Å². The molecule has 1 unspecified atom stereocenters. The van der Waals surface area contributed by atoms with Crippen molar-refractivity contribution in [1.29, 1.82) is 0 Å². The molecule has 1 amide bonds. The van der Waals surface area contributed by atoms with Crippen LogP contribution in [0.4, 0.5) is 17.3 Å². The fraction of sp³-hybridized carbons (Fsp3) is 0.333. The van der Waals surface area contributed by atoms with Gasteiger partial charge in [-0.1, -0.05) is 0 Å². The van der Waals surface area contributed by atoms with Gasteiger partial charge in [-0.15, -0.1) is 0 Å². The van der Waals surface area contributed by atoms with Crippen LogP contribution in [0.25, 0.3) is 0 Å². The first kappa shape index (κ1) is 12.7. The molecule has 1 aromatic heterocycles. The number of nitro groups is 1. The summed E-state index contributed by atoms with van der Waals surface area (Å²) in [6.07, 6.45) is 0. The third-order valence-electron chi connectivity index (χ3n) is 2.11. The number of nitrogens with one attached hydrogen (secondary N) is 2. The first-order valence-electron chi connectivity index (χ1n) is 4.84. The second kappa shape index (κ2) is 5.10. The maximum Gasteiger partial charge on any atom is 0.311 e. The molecule has 8 nitrogen and oxygen atoms in total. The van der Waals surface area contributed by atoms with Crippen LogP contribution in [-0.2, 0) is 4.79 Å². The lowest BCUT2D eigenvalue weighted by molar-refractivity contribution is -0.384. The van der Waals surface area contributed by atoms with Crippen molar-refractivity contribution in [3.8, 4) is 0 Å². The Morgan fingerprint density at radius 1 is 1.59 bits per heavy atom. The number of anilines is 2. The molecular weight excluding hydrogens is 226 g/mol. The number of hydrogen-bond donors (Lipinski definition) is 3. The van der Waals surface area contributed by atoms with Crippen LogP contribution in [0.15, 0.2) is 12.1 Å². The zero-order valence-corrected chi connectivity index (χ0v) is 9.43. The molecule has 0 radical (unpaired) electrons. The van der Waals surface area contributed by atoms with Crippen LogP contribution in [0.1, 0.15) is 6.92 Å². The number of carbonyl (C=O) groups is 1. The van der Waals surface area contributed by atoms with Gasteiger partial charge in [-0.2, -0.15) is 0 Å². The van der Waals surface area contributed by atoms with E-state index < -0.39 is 16.9 Å². The molecule has 1 rings (SSSR count). The number of pyridine rings is 1. The van der Waals surface area contributed by atoms with Crippen molar-refractivity contribution >= 4 is 23.2 Å². The maximum atomic E-state index is 10.9. The van der Waals surface area contributed by atoms with E-state index in [2.05, 4.69) is 15.6 Å². The molecule has 0 bridgehead atoms. The molecule has 0 saturated carbocycles. The molecule has 0 spiro atoms. The van der Waals surface area contributed by atoms with Crippen molar-refractivity contribution in [2.45, 2.75) is 13.0 Å². The van der Waals surface area contributed by atoms with Crippen molar-refractivity contribution in [2.24, 2.45) is 5.73 Å². The normalized spacial score (nSPS) is 11.6. The molecule has 0 aliphatic carbocycles. The van der Waals surface area contributed by atoms with Gasteiger partial charge < -0.3 is 16.4 Å². The lowest BCUT2D eigenvalue weighted by Crippen LogP contribution is -2.33. The summed E-state index contributed by atoms with van der Waals surface area (Å²) < 4.78 is 0. The average molecular weight is 239 g/mol. The van der Waals surface area contributed by atoms with Gasteiger partial charge in [-0.3, -0.25) is 14.9 Å². The summed E-state index contributed by atoms with van der Waals surface area (Å²) in [7, 11) is 1.63. The Hall–Kier alpha value is -2.38. The number of hydrogen-bond acceptors (Lipinski definition) is 6. The lowest BCUT2D eigenvalue weighted by Gasteiger charge is -2.11. The van der Waals surface area contributed by atoms with E-state index in [-0.39, 0.29) is 11.5 Å². The monoisotopic (exact) mass is 239 g/mol. The molecule has 92 valence electrons. The summed E-state index contributed by atoms with van der Waals surface area (Å²) in [5.74, 6) is -0.154. The number of amides is 1. The topological polar surface area (TPSA) is 123 Å². The number of nitrogens with two attached hydrogens (primary N) is 1. The van der Waals surface area contributed by atoms with Gasteiger partial charge >= 0.3 is 5.69 Å². The van der Waals surface area contributed by atoms with Crippen LogP contribution in [0.3, 0.4) is 0 Å². The predicted octanol–water partition coefficient (Wildman–Crippen LogP) is 0.317. The summed E-state index contributed by atoms with van der Waals surface area (Å²) in [6, 6.07) is 2.03. The first-order chi connectivity index (χ1) is 7.95. The summed E-state index contributed by atoms with van der Waals surface area (Å²) in [4.78, 5) is 25.0. The molecule has 0 aliphatic rings. The van der Waals surface area contributed by atoms with Crippen molar-refractivity contribution in [3.63, 3.8) is 0 Å². The van der Waals surface area contributed by atoms with Crippen LogP contribution >= 0.6 is 0 Å². The number of carbonyl (C=O) groups excluding carboxylic acids is 1. The van der Waals surface area contributed by atoms with Gasteiger partial charge in [0.2, 0.25) is 11.7 Å². The molecular formula is C9H13N5O3. The average Bonchev–Trinajstić information content (AvgIpc) is 2.28. The van der Waals surface area contributed by atoms with E-state index in [0.29, 0.717) is 5.82 Å². The van der Waals surface area contributed by atoms with E-state index in [1.54, 1.807) is 7.05 Å². The number of primary amides is 1. The minimum atomic E-state index is -0.742. The summed E-state index contributed by atoms with van der Waals surface area (Å²) in [5.41, 5.74) is 4.85. The second-order valence-corrected chi connectivity index (χ2v) is 3.34. The smallest absolute Gasteiger partial charge is 0.311 e. The zero-order chi connectivity index (χ0) is 13.0. The minimum absolute atomic E-state index is 0.00755. The molecule has 0 aromatic carbocycles. The Morgan fingerprint density at radius 3 is 2.71 bits per heavy atom. The Labute approximate surface area is 97.4 Å².